The van der Waals surface area contributed by atoms with Gasteiger partial charge in [-0.25, -0.2) is 4.98 Å². The number of nitrogens with zero attached hydrogens (tertiary/aromatic N) is 2. The fourth-order valence-corrected chi connectivity index (χ4v) is 1.99. The van der Waals surface area contributed by atoms with E-state index in [-0.39, 0.29) is 0 Å². The van der Waals surface area contributed by atoms with Gasteiger partial charge in [0.05, 0.1) is 12.2 Å². The van der Waals surface area contributed by atoms with Crippen LogP contribution in [0.3, 0.4) is 0 Å². The van der Waals surface area contributed by atoms with Gasteiger partial charge in [0.2, 0.25) is 0 Å². The molecule has 1 fully saturated rings. The summed E-state index contributed by atoms with van der Waals surface area (Å²) < 4.78 is 5.23. The van der Waals surface area contributed by atoms with Gasteiger partial charge in [-0.15, -0.1) is 11.3 Å². The van der Waals surface area contributed by atoms with E-state index in [4.69, 9.17) is 4.52 Å². The third-order valence-corrected chi connectivity index (χ3v) is 3.15. The molecule has 15 heavy (non-hydrogen) atoms. The second-order valence-electron chi connectivity index (χ2n) is 3.68. The van der Waals surface area contributed by atoms with Crippen molar-refractivity contribution in [2.75, 3.05) is 5.32 Å². The standard InChI is InChI=1S/C10H11N3OS/c1-2-7(1)9-5-8(14-13-9)6-12-10-11-3-4-15-10/h3-5,7H,1-2,6H2,(H,11,12). The first-order valence-electron chi connectivity index (χ1n) is 5.00. The highest BCUT2D eigenvalue weighted by Gasteiger charge is 2.26. The molecule has 1 N–H and O–H groups in total. The zero-order valence-electron chi connectivity index (χ0n) is 8.14. The minimum absolute atomic E-state index is 0.655. The van der Waals surface area contributed by atoms with Gasteiger partial charge in [0.15, 0.2) is 10.9 Å². The maximum absolute atomic E-state index is 5.23. The predicted octanol–water partition coefficient (Wildman–Crippen LogP) is 2.62. The molecular formula is C10H11N3OS. The summed E-state index contributed by atoms with van der Waals surface area (Å²) in [6.07, 6.45) is 4.29. The van der Waals surface area contributed by atoms with Crippen LogP contribution in [0.2, 0.25) is 0 Å². The lowest BCUT2D eigenvalue weighted by atomic mass is 10.3. The largest absolute Gasteiger partial charge is 0.359 e. The number of hydrogen-bond donors (Lipinski definition) is 1. The molecule has 2 aromatic rings. The molecule has 0 unspecified atom stereocenters. The van der Waals surface area contributed by atoms with E-state index < -0.39 is 0 Å². The van der Waals surface area contributed by atoms with Gasteiger partial charge >= 0.3 is 0 Å². The van der Waals surface area contributed by atoms with Crippen molar-refractivity contribution in [3.8, 4) is 0 Å². The molecule has 2 heterocycles. The second-order valence-corrected chi connectivity index (χ2v) is 4.58. The Morgan fingerprint density at radius 2 is 2.47 bits per heavy atom. The summed E-state index contributed by atoms with van der Waals surface area (Å²) in [7, 11) is 0. The molecule has 1 aliphatic rings. The molecule has 0 atom stereocenters. The highest BCUT2D eigenvalue weighted by molar-refractivity contribution is 7.13. The zero-order chi connectivity index (χ0) is 10.1. The molecule has 0 saturated heterocycles. The maximum atomic E-state index is 5.23. The summed E-state index contributed by atoms with van der Waals surface area (Å²) in [5, 5.41) is 10.1. The topological polar surface area (TPSA) is 51.0 Å². The van der Waals surface area contributed by atoms with Crippen molar-refractivity contribution in [1.82, 2.24) is 10.1 Å². The molecule has 0 spiro atoms. The van der Waals surface area contributed by atoms with Crippen LogP contribution in [0.25, 0.3) is 0 Å². The van der Waals surface area contributed by atoms with E-state index in [1.165, 1.54) is 12.8 Å². The summed E-state index contributed by atoms with van der Waals surface area (Å²) >= 11 is 1.58. The summed E-state index contributed by atoms with van der Waals surface area (Å²) in [6, 6.07) is 2.04. The maximum Gasteiger partial charge on any atom is 0.182 e. The van der Waals surface area contributed by atoms with Crippen molar-refractivity contribution in [3.63, 3.8) is 0 Å². The number of anilines is 1. The van der Waals surface area contributed by atoms with E-state index in [1.54, 1.807) is 17.5 Å². The van der Waals surface area contributed by atoms with Gasteiger partial charge < -0.3 is 9.84 Å². The van der Waals surface area contributed by atoms with Crippen LogP contribution < -0.4 is 5.32 Å². The molecule has 4 nitrogen and oxygen atoms in total. The minimum atomic E-state index is 0.655. The van der Waals surface area contributed by atoms with Crippen molar-refractivity contribution in [1.29, 1.82) is 0 Å². The summed E-state index contributed by atoms with van der Waals surface area (Å²) in [4.78, 5) is 4.13. The van der Waals surface area contributed by atoms with Crippen LogP contribution in [0, 0.1) is 0 Å². The van der Waals surface area contributed by atoms with Gasteiger partial charge in [0.1, 0.15) is 0 Å². The Balaban J connectivity index is 1.61. The average molecular weight is 221 g/mol. The lowest BCUT2D eigenvalue weighted by molar-refractivity contribution is 0.382. The van der Waals surface area contributed by atoms with E-state index in [1.807, 2.05) is 11.4 Å². The fourth-order valence-electron chi connectivity index (χ4n) is 1.46. The molecule has 1 aliphatic carbocycles. The third-order valence-electron chi connectivity index (χ3n) is 2.42. The van der Waals surface area contributed by atoms with E-state index in [0.717, 1.165) is 16.6 Å². The van der Waals surface area contributed by atoms with Crippen molar-refractivity contribution in [2.24, 2.45) is 0 Å². The van der Waals surface area contributed by atoms with Crippen LogP contribution in [0.5, 0.6) is 0 Å². The van der Waals surface area contributed by atoms with Crippen LogP contribution in [0.15, 0.2) is 22.2 Å². The Kier molecular flexibility index (Phi) is 2.17. The van der Waals surface area contributed by atoms with Gasteiger partial charge in [0.25, 0.3) is 0 Å². The smallest absolute Gasteiger partial charge is 0.182 e. The summed E-state index contributed by atoms with van der Waals surface area (Å²) in [5.41, 5.74) is 1.10. The molecule has 78 valence electrons. The molecule has 0 aliphatic heterocycles. The lowest BCUT2D eigenvalue weighted by Crippen LogP contribution is -1.96. The summed E-state index contributed by atoms with van der Waals surface area (Å²) in [5.74, 6) is 1.54. The molecule has 0 aromatic carbocycles. The Morgan fingerprint density at radius 1 is 1.53 bits per heavy atom. The monoisotopic (exact) mass is 221 g/mol. The number of hydrogen-bond acceptors (Lipinski definition) is 5. The van der Waals surface area contributed by atoms with Gasteiger partial charge in [-0.3, -0.25) is 0 Å². The Morgan fingerprint density at radius 3 is 3.20 bits per heavy atom. The SMILES string of the molecule is c1csc(NCc2cc(C3CC3)no2)n1. The summed E-state index contributed by atoms with van der Waals surface area (Å²) in [6.45, 7) is 0.660. The molecule has 3 rings (SSSR count). The molecular weight excluding hydrogens is 210 g/mol. The number of nitrogens with one attached hydrogen (secondary N) is 1. The van der Waals surface area contributed by atoms with Crippen LogP contribution in [-0.2, 0) is 6.54 Å². The van der Waals surface area contributed by atoms with Crippen molar-refractivity contribution >= 4 is 16.5 Å². The second kappa shape index (κ2) is 3.66. The Bertz CT molecular complexity index is 433. The molecule has 1 saturated carbocycles. The van der Waals surface area contributed by atoms with Crippen LogP contribution in [0.1, 0.15) is 30.2 Å². The average Bonchev–Trinajstić information content (AvgIpc) is 2.82. The Hall–Kier alpha value is -1.36. The molecule has 0 bridgehead atoms. The van der Waals surface area contributed by atoms with Gasteiger partial charge in [-0.05, 0) is 12.8 Å². The lowest BCUT2D eigenvalue weighted by Gasteiger charge is -1.96. The van der Waals surface area contributed by atoms with Crippen molar-refractivity contribution in [3.05, 3.63) is 29.1 Å². The van der Waals surface area contributed by atoms with Crippen LogP contribution in [0.4, 0.5) is 5.13 Å². The van der Waals surface area contributed by atoms with Gasteiger partial charge in [-0.1, -0.05) is 5.16 Å². The third kappa shape index (κ3) is 2.02. The highest BCUT2D eigenvalue weighted by Crippen LogP contribution is 2.39. The number of rotatable bonds is 4. The predicted molar refractivity (Wildman–Crippen MR) is 57.9 cm³/mol. The quantitative estimate of drug-likeness (QED) is 0.862. The van der Waals surface area contributed by atoms with Gasteiger partial charge in [0, 0.05) is 23.6 Å². The first-order valence-corrected chi connectivity index (χ1v) is 5.88. The fraction of sp³-hybridized carbons (Fsp3) is 0.400. The Labute approximate surface area is 91.3 Å². The van der Waals surface area contributed by atoms with E-state index in [2.05, 4.69) is 15.5 Å². The molecule has 2 aromatic heterocycles. The van der Waals surface area contributed by atoms with E-state index >= 15 is 0 Å². The van der Waals surface area contributed by atoms with Crippen molar-refractivity contribution < 1.29 is 4.52 Å². The number of thiazole rings is 1. The van der Waals surface area contributed by atoms with E-state index in [9.17, 15) is 0 Å². The van der Waals surface area contributed by atoms with Crippen LogP contribution >= 0.6 is 11.3 Å². The van der Waals surface area contributed by atoms with E-state index in [0.29, 0.717) is 12.5 Å². The molecule has 0 amide bonds. The first kappa shape index (κ1) is 8.91. The normalized spacial score (nSPS) is 15.5. The first-order chi connectivity index (χ1) is 7.42. The molecule has 5 heteroatoms. The van der Waals surface area contributed by atoms with Crippen LogP contribution in [-0.4, -0.2) is 10.1 Å². The zero-order valence-corrected chi connectivity index (χ0v) is 8.96. The van der Waals surface area contributed by atoms with Gasteiger partial charge in [-0.2, -0.15) is 0 Å². The van der Waals surface area contributed by atoms with Crippen molar-refractivity contribution in [2.45, 2.75) is 25.3 Å². The highest BCUT2D eigenvalue weighted by atomic mass is 32.1. The number of aromatic nitrogens is 2. The minimum Gasteiger partial charge on any atom is -0.359 e. The molecule has 0 radical (unpaired) electrons.